The maximum absolute atomic E-state index is 12.6. The molecule has 1 atom stereocenters. The number of hydrogen-bond acceptors (Lipinski definition) is 3. The van der Waals surface area contributed by atoms with Crippen LogP contribution in [-0.2, 0) is 11.3 Å². The molecule has 1 unspecified atom stereocenters. The Labute approximate surface area is 163 Å². The fraction of sp³-hybridized carbons (Fsp3) is 0.619. The molecule has 1 aliphatic heterocycles. The molecule has 1 amide bonds. The van der Waals surface area contributed by atoms with Crippen LogP contribution in [0, 0.1) is 5.92 Å². The molecule has 2 aliphatic rings. The van der Waals surface area contributed by atoms with E-state index in [0.29, 0.717) is 5.91 Å². The van der Waals surface area contributed by atoms with Crippen LogP contribution in [0.2, 0.25) is 0 Å². The summed E-state index contributed by atoms with van der Waals surface area (Å²) in [6, 6.07) is 8.78. The number of benzene rings is 1. The first kappa shape index (κ1) is 19.5. The number of nitrogens with zero attached hydrogens (tertiary/aromatic N) is 3. The molecule has 0 radical (unpaired) electrons. The van der Waals surface area contributed by atoms with Crippen LogP contribution in [0.5, 0.6) is 0 Å². The Hall–Kier alpha value is -2.24. The first-order chi connectivity index (χ1) is 13.1. The van der Waals surface area contributed by atoms with Crippen molar-refractivity contribution in [1.29, 1.82) is 0 Å². The first-order valence-electron chi connectivity index (χ1n) is 10.1. The van der Waals surface area contributed by atoms with Crippen LogP contribution in [0.4, 0.5) is 5.69 Å². The number of guanidine groups is 1. The van der Waals surface area contributed by atoms with Crippen LogP contribution in [-0.4, -0.2) is 57.0 Å². The molecule has 0 spiro atoms. The van der Waals surface area contributed by atoms with Crippen molar-refractivity contribution in [3.63, 3.8) is 0 Å². The van der Waals surface area contributed by atoms with Crippen LogP contribution >= 0.6 is 0 Å². The third-order valence-electron chi connectivity index (χ3n) is 5.68. The summed E-state index contributed by atoms with van der Waals surface area (Å²) in [7, 11) is 5.88. The predicted molar refractivity (Wildman–Crippen MR) is 111 cm³/mol. The van der Waals surface area contributed by atoms with E-state index in [9.17, 15) is 4.79 Å². The summed E-state index contributed by atoms with van der Waals surface area (Å²) in [5, 5.41) is 6.86. The van der Waals surface area contributed by atoms with Gasteiger partial charge in [-0.2, -0.15) is 0 Å². The number of carbonyl (C=O) groups excluding carboxylic acids is 1. The molecule has 2 fully saturated rings. The summed E-state index contributed by atoms with van der Waals surface area (Å²) in [4.78, 5) is 21.1. The highest BCUT2D eigenvalue weighted by Crippen LogP contribution is 2.27. The van der Waals surface area contributed by atoms with E-state index in [0.717, 1.165) is 44.9 Å². The average molecular weight is 372 g/mol. The second-order valence-corrected chi connectivity index (χ2v) is 7.88. The number of carbonyl (C=O) groups is 1. The number of hydrogen-bond donors (Lipinski definition) is 2. The summed E-state index contributed by atoms with van der Waals surface area (Å²) >= 11 is 0. The van der Waals surface area contributed by atoms with Crippen molar-refractivity contribution < 1.29 is 4.79 Å². The summed E-state index contributed by atoms with van der Waals surface area (Å²) in [5.41, 5.74) is 2.41. The van der Waals surface area contributed by atoms with Crippen molar-refractivity contribution in [3.8, 4) is 0 Å². The Morgan fingerprint density at radius 2 is 1.89 bits per heavy atom. The molecule has 6 heteroatoms. The highest BCUT2D eigenvalue weighted by molar-refractivity contribution is 5.81. The van der Waals surface area contributed by atoms with Gasteiger partial charge in [-0.15, -0.1) is 0 Å². The highest BCUT2D eigenvalue weighted by atomic mass is 16.2. The van der Waals surface area contributed by atoms with E-state index in [2.05, 4.69) is 44.8 Å². The third kappa shape index (κ3) is 5.15. The minimum absolute atomic E-state index is 0.270. The molecular weight excluding hydrogens is 338 g/mol. The third-order valence-corrected chi connectivity index (χ3v) is 5.68. The lowest BCUT2D eigenvalue weighted by Crippen LogP contribution is -2.45. The van der Waals surface area contributed by atoms with Crippen molar-refractivity contribution in [2.75, 3.05) is 39.1 Å². The summed E-state index contributed by atoms with van der Waals surface area (Å²) in [6.07, 6.45) is 5.54. The van der Waals surface area contributed by atoms with Gasteiger partial charge in [0.15, 0.2) is 5.96 Å². The van der Waals surface area contributed by atoms with Crippen molar-refractivity contribution in [3.05, 3.63) is 29.8 Å². The zero-order valence-electron chi connectivity index (χ0n) is 16.9. The van der Waals surface area contributed by atoms with E-state index in [4.69, 9.17) is 0 Å². The van der Waals surface area contributed by atoms with Gasteiger partial charge in [-0.25, -0.2) is 0 Å². The molecule has 1 saturated heterocycles. The molecule has 0 bridgehead atoms. The van der Waals surface area contributed by atoms with Gasteiger partial charge in [0.25, 0.3) is 0 Å². The molecule has 1 saturated carbocycles. The second kappa shape index (κ2) is 9.11. The van der Waals surface area contributed by atoms with Gasteiger partial charge in [-0.1, -0.05) is 25.0 Å². The topological polar surface area (TPSA) is 60.0 Å². The Morgan fingerprint density at radius 1 is 1.19 bits per heavy atom. The minimum Gasteiger partial charge on any atom is -0.378 e. The van der Waals surface area contributed by atoms with Gasteiger partial charge in [-0.05, 0) is 37.0 Å². The molecule has 148 valence electrons. The molecule has 27 heavy (non-hydrogen) atoms. The maximum Gasteiger partial charge on any atom is 0.225 e. The Kier molecular flexibility index (Phi) is 6.58. The molecule has 1 aromatic rings. The molecule has 1 aliphatic carbocycles. The Morgan fingerprint density at radius 3 is 2.52 bits per heavy atom. The molecule has 1 heterocycles. The van der Waals surface area contributed by atoms with Crippen LogP contribution in [0.15, 0.2) is 29.3 Å². The zero-order chi connectivity index (χ0) is 19.2. The lowest BCUT2D eigenvalue weighted by atomic mass is 10.1. The molecule has 6 nitrogen and oxygen atoms in total. The smallest absolute Gasteiger partial charge is 0.225 e. The lowest BCUT2D eigenvalue weighted by molar-refractivity contribution is -0.134. The number of rotatable bonds is 5. The van der Waals surface area contributed by atoms with Gasteiger partial charge in [-0.3, -0.25) is 9.79 Å². The molecule has 1 aromatic carbocycles. The van der Waals surface area contributed by atoms with Crippen LogP contribution < -0.4 is 15.5 Å². The van der Waals surface area contributed by atoms with E-state index >= 15 is 0 Å². The Bertz CT molecular complexity index is 649. The molecule has 3 rings (SSSR count). The SMILES string of the molecule is CN=C(NCc1ccc(N(C)C)cc1)NC1CCN(C(=O)C2CCCC2)C1. The molecular formula is C21H33N5O. The van der Waals surface area contributed by atoms with Gasteiger partial charge in [0.1, 0.15) is 0 Å². The zero-order valence-corrected chi connectivity index (χ0v) is 16.9. The van der Waals surface area contributed by atoms with Gasteiger partial charge in [0, 0.05) is 58.4 Å². The predicted octanol–water partition coefficient (Wildman–Crippen LogP) is 2.21. The fourth-order valence-electron chi connectivity index (χ4n) is 3.99. The average Bonchev–Trinajstić information content (AvgIpc) is 3.37. The fourth-order valence-corrected chi connectivity index (χ4v) is 3.99. The standard InChI is InChI=1S/C21H33N5O/c1-22-21(23-14-16-8-10-19(11-9-16)25(2)3)24-18-12-13-26(15-18)20(27)17-6-4-5-7-17/h8-11,17-18H,4-7,12-15H2,1-3H3,(H2,22,23,24). The number of amides is 1. The number of nitrogens with one attached hydrogen (secondary N) is 2. The van der Waals surface area contributed by atoms with Gasteiger partial charge in [0.05, 0.1) is 0 Å². The van der Waals surface area contributed by atoms with Gasteiger partial charge >= 0.3 is 0 Å². The van der Waals surface area contributed by atoms with E-state index < -0.39 is 0 Å². The molecule has 2 N–H and O–H groups in total. The van der Waals surface area contributed by atoms with Crippen molar-refractivity contribution in [2.45, 2.75) is 44.7 Å². The normalized spacial score (nSPS) is 20.8. The van der Waals surface area contributed by atoms with Crippen molar-refractivity contribution in [1.82, 2.24) is 15.5 Å². The largest absolute Gasteiger partial charge is 0.378 e. The summed E-state index contributed by atoms with van der Waals surface area (Å²) in [6.45, 7) is 2.37. The summed E-state index contributed by atoms with van der Waals surface area (Å²) < 4.78 is 0. The van der Waals surface area contributed by atoms with Crippen LogP contribution in [0.1, 0.15) is 37.7 Å². The van der Waals surface area contributed by atoms with E-state index in [1.807, 2.05) is 19.0 Å². The quantitative estimate of drug-likeness (QED) is 0.615. The molecule has 0 aromatic heterocycles. The Balaban J connectivity index is 1.45. The monoisotopic (exact) mass is 371 g/mol. The van der Waals surface area contributed by atoms with Crippen LogP contribution in [0.25, 0.3) is 0 Å². The second-order valence-electron chi connectivity index (χ2n) is 7.88. The minimum atomic E-state index is 0.270. The van der Waals surface area contributed by atoms with Crippen molar-refractivity contribution in [2.24, 2.45) is 10.9 Å². The van der Waals surface area contributed by atoms with E-state index in [1.165, 1.54) is 24.1 Å². The van der Waals surface area contributed by atoms with E-state index in [-0.39, 0.29) is 12.0 Å². The first-order valence-corrected chi connectivity index (χ1v) is 10.1. The van der Waals surface area contributed by atoms with Crippen LogP contribution in [0.3, 0.4) is 0 Å². The number of aliphatic imine (C=N–C) groups is 1. The van der Waals surface area contributed by atoms with E-state index in [1.54, 1.807) is 7.05 Å². The maximum atomic E-state index is 12.6. The lowest BCUT2D eigenvalue weighted by Gasteiger charge is -2.21. The number of anilines is 1. The van der Waals surface area contributed by atoms with Crippen molar-refractivity contribution >= 4 is 17.6 Å². The van der Waals surface area contributed by atoms with Gasteiger partial charge < -0.3 is 20.4 Å². The number of likely N-dealkylation sites (tertiary alicyclic amines) is 1. The summed E-state index contributed by atoms with van der Waals surface area (Å²) in [5.74, 6) is 1.43. The highest BCUT2D eigenvalue weighted by Gasteiger charge is 2.32. The van der Waals surface area contributed by atoms with Gasteiger partial charge in [0.2, 0.25) is 5.91 Å².